The van der Waals surface area contributed by atoms with E-state index in [2.05, 4.69) is 21.7 Å². The summed E-state index contributed by atoms with van der Waals surface area (Å²) in [6.45, 7) is 6.48. The van der Waals surface area contributed by atoms with Crippen LogP contribution >= 0.6 is 0 Å². The minimum Gasteiger partial charge on any atom is -0.497 e. The molecule has 0 bridgehead atoms. The Morgan fingerprint density at radius 2 is 1.63 bits per heavy atom. The lowest BCUT2D eigenvalue weighted by molar-refractivity contribution is 0.287. The first-order chi connectivity index (χ1) is 14.6. The third kappa shape index (κ3) is 6.76. The second-order valence-electron chi connectivity index (χ2n) is 6.43. The van der Waals surface area contributed by atoms with Crippen molar-refractivity contribution in [3.63, 3.8) is 0 Å². The SMILES string of the molecule is CCOc1ccc(CCNC(=NC)NCc2ccc(OC)cc2OC)cc1OCC. The molecule has 2 aromatic rings. The van der Waals surface area contributed by atoms with Crippen molar-refractivity contribution in [3.05, 3.63) is 47.5 Å². The normalized spacial score (nSPS) is 11.0. The van der Waals surface area contributed by atoms with E-state index in [4.69, 9.17) is 18.9 Å². The minimum absolute atomic E-state index is 0.588. The molecule has 0 aliphatic carbocycles. The Labute approximate surface area is 179 Å². The lowest BCUT2D eigenvalue weighted by atomic mass is 10.1. The van der Waals surface area contributed by atoms with Gasteiger partial charge in [-0.15, -0.1) is 0 Å². The molecule has 0 aliphatic heterocycles. The van der Waals surface area contributed by atoms with E-state index in [9.17, 15) is 0 Å². The quantitative estimate of drug-likeness (QED) is 0.433. The Morgan fingerprint density at radius 1 is 0.867 bits per heavy atom. The molecular weight excluding hydrogens is 382 g/mol. The van der Waals surface area contributed by atoms with Crippen molar-refractivity contribution in [2.45, 2.75) is 26.8 Å². The summed E-state index contributed by atoms with van der Waals surface area (Å²) in [5.74, 6) is 3.83. The van der Waals surface area contributed by atoms with E-state index in [1.807, 2.05) is 44.2 Å². The van der Waals surface area contributed by atoms with E-state index < -0.39 is 0 Å². The molecule has 0 heterocycles. The van der Waals surface area contributed by atoms with Crippen molar-refractivity contribution >= 4 is 5.96 Å². The molecule has 30 heavy (non-hydrogen) atoms. The van der Waals surface area contributed by atoms with Crippen molar-refractivity contribution in [2.75, 3.05) is 41.0 Å². The maximum absolute atomic E-state index is 5.70. The number of guanidine groups is 1. The highest BCUT2D eigenvalue weighted by atomic mass is 16.5. The zero-order valence-corrected chi connectivity index (χ0v) is 18.6. The Morgan fingerprint density at radius 3 is 2.30 bits per heavy atom. The second kappa shape index (κ2) is 12.5. The number of ether oxygens (including phenoxy) is 4. The summed E-state index contributed by atoms with van der Waals surface area (Å²) in [6, 6.07) is 11.8. The predicted molar refractivity (Wildman–Crippen MR) is 120 cm³/mol. The van der Waals surface area contributed by atoms with Gasteiger partial charge < -0.3 is 29.6 Å². The Balaban J connectivity index is 1.90. The van der Waals surface area contributed by atoms with Gasteiger partial charge in [0, 0.05) is 31.8 Å². The van der Waals surface area contributed by atoms with Crippen LogP contribution in [0.4, 0.5) is 0 Å². The molecule has 0 spiro atoms. The summed E-state index contributed by atoms with van der Waals surface area (Å²) in [4.78, 5) is 4.29. The number of benzene rings is 2. The molecule has 0 saturated heterocycles. The van der Waals surface area contributed by atoms with Gasteiger partial charge in [-0.05, 0) is 50.1 Å². The molecule has 0 saturated carbocycles. The molecule has 164 valence electrons. The van der Waals surface area contributed by atoms with Gasteiger partial charge >= 0.3 is 0 Å². The van der Waals surface area contributed by atoms with Crippen LogP contribution in [-0.2, 0) is 13.0 Å². The van der Waals surface area contributed by atoms with Crippen molar-refractivity contribution < 1.29 is 18.9 Å². The number of nitrogens with one attached hydrogen (secondary N) is 2. The number of methoxy groups -OCH3 is 2. The van der Waals surface area contributed by atoms with Crippen LogP contribution in [0.2, 0.25) is 0 Å². The summed E-state index contributed by atoms with van der Waals surface area (Å²) >= 11 is 0. The fraction of sp³-hybridized carbons (Fsp3) is 0.435. The van der Waals surface area contributed by atoms with Crippen LogP contribution in [0.5, 0.6) is 23.0 Å². The van der Waals surface area contributed by atoms with Gasteiger partial charge in [-0.25, -0.2) is 0 Å². The molecule has 0 fully saturated rings. The highest BCUT2D eigenvalue weighted by Gasteiger charge is 2.08. The van der Waals surface area contributed by atoms with Crippen LogP contribution in [0, 0.1) is 0 Å². The van der Waals surface area contributed by atoms with Gasteiger partial charge in [0.15, 0.2) is 17.5 Å². The van der Waals surface area contributed by atoms with Gasteiger partial charge in [0.05, 0.1) is 27.4 Å². The van der Waals surface area contributed by atoms with Crippen LogP contribution in [0.1, 0.15) is 25.0 Å². The fourth-order valence-electron chi connectivity index (χ4n) is 2.97. The van der Waals surface area contributed by atoms with Crippen LogP contribution in [-0.4, -0.2) is 47.0 Å². The number of nitrogens with zero attached hydrogens (tertiary/aromatic N) is 1. The van der Waals surface area contributed by atoms with Gasteiger partial charge in [0.25, 0.3) is 0 Å². The highest BCUT2D eigenvalue weighted by Crippen LogP contribution is 2.28. The van der Waals surface area contributed by atoms with E-state index in [1.54, 1.807) is 21.3 Å². The van der Waals surface area contributed by atoms with E-state index >= 15 is 0 Å². The lowest BCUT2D eigenvalue weighted by Crippen LogP contribution is -2.37. The molecule has 2 rings (SSSR count). The molecule has 0 unspecified atom stereocenters. The maximum Gasteiger partial charge on any atom is 0.191 e. The first-order valence-electron chi connectivity index (χ1n) is 10.2. The average molecular weight is 416 g/mol. The number of hydrogen-bond donors (Lipinski definition) is 2. The summed E-state index contributed by atoms with van der Waals surface area (Å²) in [5.41, 5.74) is 2.19. The molecule has 0 radical (unpaired) electrons. The molecule has 2 N–H and O–H groups in total. The third-order valence-corrected chi connectivity index (χ3v) is 4.48. The summed E-state index contributed by atoms with van der Waals surface area (Å²) in [6.07, 6.45) is 0.832. The molecule has 0 atom stereocenters. The lowest BCUT2D eigenvalue weighted by Gasteiger charge is -2.15. The monoisotopic (exact) mass is 415 g/mol. The second-order valence-corrected chi connectivity index (χ2v) is 6.43. The summed E-state index contributed by atoms with van der Waals surface area (Å²) in [5, 5.41) is 6.66. The van der Waals surface area contributed by atoms with Gasteiger partial charge in [-0.1, -0.05) is 6.07 Å². The Bertz CT molecular complexity index is 824. The van der Waals surface area contributed by atoms with E-state index in [-0.39, 0.29) is 0 Å². The number of hydrogen-bond acceptors (Lipinski definition) is 5. The summed E-state index contributed by atoms with van der Waals surface area (Å²) in [7, 11) is 5.05. The van der Waals surface area contributed by atoms with Crippen molar-refractivity contribution in [1.82, 2.24) is 10.6 Å². The average Bonchev–Trinajstić information content (AvgIpc) is 2.77. The zero-order chi connectivity index (χ0) is 21.8. The Kier molecular flexibility index (Phi) is 9.64. The predicted octanol–water partition coefficient (Wildman–Crippen LogP) is 3.41. The van der Waals surface area contributed by atoms with Crippen molar-refractivity contribution in [1.29, 1.82) is 0 Å². The van der Waals surface area contributed by atoms with E-state index in [0.29, 0.717) is 19.8 Å². The fourth-order valence-corrected chi connectivity index (χ4v) is 2.97. The largest absolute Gasteiger partial charge is 0.497 e. The molecule has 7 nitrogen and oxygen atoms in total. The van der Waals surface area contributed by atoms with Crippen LogP contribution < -0.4 is 29.6 Å². The molecule has 7 heteroatoms. The van der Waals surface area contributed by atoms with E-state index in [0.717, 1.165) is 47.5 Å². The number of aliphatic imine (C=N–C) groups is 1. The zero-order valence-electron chi connectivity index (χ0n) is 18.6. The smallest absolute Gasteiger partial charge is 0.191 e. The standard InChI is InChI=1S/C23H33N3O4/c1-6-29-20-11-8-17(14-22(20)30-7-2)12-13-25-23(24-3)26-16-18-9-10-19(27-4)15-21(18)28-5/h8-11,14-15H,6-7,12-13,16H2,1-5H3,(H2,24,25,26). The number of rotatable bonds is 11. The topological polar surface area (TPSA) is 73.3 Å². The first kappa shape index (κ1) is 23.2. The molecule has 0 amide bonds. The van der Waals surface area contributed by atoms with Crippen molar-refractivity contribution in [3.8, 4) is 23.0 Å². The highest BCUT2D eigenvalue weighted by molar-refractivity contribution is 5.79. The van der Waals surface area contributed by atoms with Crippen LogP contribution in [0.3, 0.4) is 0 Å². The summed E-state index contributed by atoms with van der Waals surface area (Å²) < 4.78 is 22.0. The molecule has 0 aliphatic rings. The molecule has 0 aromatic heterocycles. The van der Waals surface area contributed by atoms with Crippen LogP contribution in [0.25, 0.3) is 0 Å². The third-order valence-electron chi connectivity index (χ3n) is 4.48. The van der Waals surface area contributed by atoms with Crippen LogP contribution in [0.15, 0.2) is 41.4 Å². The van der Waals surface area contributed by atoms with Gasteiger partial charge in [0.2, 0.25) is 0 Å². The Hall–Kier alpha value is -3.09. The van der Waals surface area contributed by atoms with Gasteiger partial charge in [-0.2, -0.15) is 0 Å². The molecule has 2 aromatic carbocycles. The molecular formula is C23H33N3O4. The van der Waals surface area contributed by atoms with Crippen molar-refractivity contribution in [2.24, 2.45) is 4.99 Å². The minimum atomic E-state index is 0.588. The van der Waals surface area contributed by atoms with E-state index in [1.165, 1.54) is 5.56 Å². The van der Waals surface area contributed by atoms with Gasteiger partial charge in [0.1, 0.15) is 11.5 Å². The first-order valence-corrected chi connectivity index (χ1v) is 10.2. The maximum atomic E-state index is 5.70. The van der Waals surface area contributed by atoms with Gasteiger partial charge in [-0.3, -0.25) is 4.99 Å².